The van der Waals surface area contributed by atoms with Crippen LogP contribution in [0.4, 0.5) is 0 Å². The molecule has 150 valence electrons. The van der Waals surface area contributed by atoms with Crippen molar-refractivity contribution in [3.8, 4) is 0 Å². The number of piperidine rings is 1. The third-order valence-electron chi connectivity index (χ3n) is 4.87. The molecule has 28 heavy (non-hydrogen) atoms. The van der Waals surface area contributed by atoms with Crippen molar-refractivity contribution < 1.29 is 14.1 Å². The molecule has 0 radical (unpaired) electrons. The molecule has 2 aromatic heterocycles. The van der Waals surface area contributed by atoms with Gasteiger partial charge in [0.25, 0.3) is 5.91 Å². The normalized spacial score (nSPS) is 17.0. The van der Waals surface area contributed by atoms with Crippen molar-refractivity contribution in [2.24, 2.45) is 0 Å². The Hall–Kier alpha value is -2.84. The monoisotopic (exact) mass is 386 g/mol. The van der Waals surface area contributed by atoms with Crippen LogP contribution in [0.15, 0.2) is 23.1 Å². The van der Waals surface area contributed by atoms with Gasteiger partial charge in [-0.15, -0.1) is 0 Å². The van der Waals surface area contributed by atoms with E-state index in [0.717, 1.165) is 12.8 Å². The summed E-state index contributed by atoms with van der Waals surface area (Å²) < 4.78 is 5.23. The summed E-state index contributed by atoms with van der Waals surface area (Å²) in [5, 5.41) is 3.99. The smallest absolute Gasteiger partial charge is 0.274 e. The van der Waals surface area contributed by atoms with Gasteiger partial charge in [-0.05, 0) is 12.8 Å². The zero-order valence-electron chi connectivity index (χ0n) is 16.5. The summed E-state index contributed by atoms with van der Waals surface area (Å²) >= 11 is 0. The molecule has 1 aliphatic heterocycles. The first kappa shape index (κ1) is 19.9. The number of hydrogen-bond donors (Lipinski definition) is 0. The fraction of sp³-hybridized carbons (Fsp3) is 0.579. The molecule has 0 saturated carbocycles. The molecular formula is C19H26N6O3. The SMILES string of the molecule is CC(=O)N(CCc1noc(C(C)C)n1)C1CCCN(C(=O)c2cnccn2)C1. The Bertz CT molecular complexity index is 807. The van der Waals surface area contributed by atoms with Crippen LogP contribution in [0.25, 0.3) is 0 Å². The van der Waals surface area contributed by atoms with Crippen LogP contribution in [0.2, 0.25) is 0 Å². The van der Waals surface area contributed by atoms with E-state index in [1.165, 1.54) is 18.6 Å². The Kier molecular flexibility index (Phi) is 6.33. The van der Waals surface area contributed by atoms with Crippen LogP contribution in [0.3, 0.4) is 0 Å². The van der Waals surface area contributed by atoms with E-state index in [-0.39, 0.29) is 23.8 Å². The highest BCUT2D eigenvalue weighted by Crippen LogP contribution is 2.19. The maximum absolute atomic E-state index is 12.7. The maximum Gasteiger partial charge on any atom is 0.274 e. The van der Waals surface area contributed by atoms with Gasteiger partial charge in [0.15, 0.2) is 5.82 Å². The maximum atomic E-state index is 12.7. The minimum Gasteiger partial charge on any atom is -0.339 e. The molecule has 1 fully saturated rings. The molecule has 0 N–H and O–H groups in total. The summed E-state index contributed by atoms with van der Waals surface area (Å²) in [6, 6.07) is -0.0386. The molecule has 0 aliphatic carbocycles. The Balaban J connectivity index is 1.64. The Labute approximate surface area is 164 Å². The van der Waals surface area contributed by atoms with E-state index in [4.69, 9.17) is 4.52 Å². The highest BCUT2D eigenvalue weighted by Gasteiger charge is 2.30. The molecule has 0 bridgehead atoms. The number of carbonyl (C=O) groups excluding carboxylic acids is 2. The average Bonchev–Trinajstić information content (AvgIpc) is 3.18. The predicted octanol–water partition coefficient (Wildman–Crippen LogP) is 1.68. The molecule has 3 rings (SSSR count). The van der Waals surface area contributed by atoms with Crippen molar-refractivity contribution in [1.82, 2.24) is 29.9 Å². The third kappa shape index (κ3) is 4.71. The number of likely N-dealkylation sites (tertiary alicyclic amines) is 1. The third-order valence-corrected chi connectivity index (χ3v) is 4.87. The van der Waals surface area contributed by atoms with Gasteiger partial charge >= 0.3 is 0 Å². The summed E-state index contributed by atoms with van der Waals surface area (Å²) in [6.45, 7) is 7.16. The largest absolute Gasteiger partial charge is 0.339 e. The van der Waals surface area contributed by atoms with Crippen LogP contribution in [-0.2, 0) is 11.2 Å². The Morgan fingerprint density at radius 1 is 1.36 bits per heavy atom. The molecular weight excluding hydrogens is 360 g/mol. The second-order valence-electron chi connectivity index (χ2n) is 7.30. The zero-order valence-corrected chi connectivity index (χ0v) is 16.5. The molecule has 0 spiro atoms. The number of carbonyl (C=O) groups is 2. The zero-order chi connectivity index (χ0) is 20.1. The van der Waals surface area contributed by atoms with Crippen molar-refractivity contribution in [2.75, 3.05) is 19.6 Å². The first-order chi connectivity index (χ1) is 13.5. The minimum absolute atomic E-state index is 0.0219. The second-order valence-corrected chi connectivity index (χ2v) is 7.30. The van der Waals surface area contributed by atoms with Crippen LogP contribution in [0.1, 0.15) is 61.7 Å². The van der Waals surface area contributed by atoms with Gasteiger partial charge in [0.05, 0.1) is 6.20 Å². The lowest BCUT2D eigenvalue weighted by Gasteiger charge is -2.38. The van der Waals surface area contributed by atoms with Gasteiger partial charge < -0.3 is 14.3 Å². The molecule has 2 aromatic rings. The van der Waals surface area contributed by atoms with Gasteiger partial charge in [0, 0.05) is 57.3 Å². The molecule has 9 heteroatoms. The van der Waals surface area contributed by atoms with Crippen molar-refractivity contribution >= 4 is 11.8 Å². The van der Waals surface area contributed by atoms with Crippen molar-refractivity contribution in [3.63, 3.8) is 0 Å². The van der Waals surface area contributed by atoms with Crippen LogP contribution >= 0.6 is 0 Å². The van der Waals surface area contributed by atoms with Crippen LogP contribution in [0.5, 0.6) is 0 Å². The van der Waals surface area contributed by atoms with E-state index in [1.54, 1.807) is 11.8 Å². The van der Waals surface area contributed by atoms with Crippen LogP contribution < -0.4 is 0 Å². The van der Waals surface area contributed by atoms with Crippen molar-refractivity contribution in [1.29, 1.82) is 0 Å². The first-order valence-corrected chi connectivity index (χ1v) is 9.60. The lowest BCUT2D eigenvalue weighted by molar-refractivity contribution is -0.132. The minimum atomic E-state index is -0.152. The summed E-state index contributed by atoms with van der Waals surface area (Å²) in [4.78, 5) is 40.9. The number of amides is 2. The summed E-state index contributed by atoms with van der Waals surface area (Å²) in [6.07, 6.45) is 6.72. The van der Waals surface area contributed by atoms with E-state index in [0.29, 0.717) is 43.5 Å². The summed E-state index contributed by atoms with van der Waals surface area (Å²) in [7, 11) is 0. The van der Waals surface area contributed by atoms with Gasteiger partial charge in [-0.25, -0.2) is 4.98 Å². The molecule has 1 atom stereocenters. The van der Waals surface area contributed by atoms with Gasteiger partial charge in [-0.3, -0.25) is 14.6 Å². The Morgan fingerprint density at radius 2 is 2.18 bits per heavy atom. The molecule has 1 aliphatic rings. The van der Waals surface area contributed by atoms with E-state index < -0.39 is 0 Å². The van der Waals surface area contributed by atoms with E-state index >= 15 is 0 Å². The Morgan fingerprint density at radius 3 is 2.82 bits per heavy atom. The summed E-state index contributed by atoms with van der Waals surface area (Å²) in [5.74, 6) is 1.19. The average molecular weight is 386 g/mol. The molecule has 3 heterocycles. The fourth-order valence-electron chi connectivity index (χ4n) is 3.39. The number of rotatable bonds is 6. The van der Waals surface area contributed by atoms with Crippen molar-refractivity contribution in [3.05, 3.63) is 36.0 Å². The van der Waals surface area contributed by atoms with E-state index in [9.17, 15) is 9.59 Å². The van der Waals surface area contributed by atoms with Gasteiger partial charge in [-0.1, -0.05) is 19.0 Å². The number of aromatic nitrogens is 4. The fourth-order valence-corrected chi connectivity index (χ4v) is 3.39. The number of hydrogen-bond acceptors (Lipinski definition) is 7. The van der Waals surface area contributed by atoms with Gasteiger partial charge in [0.1, 0.15) is 5.69 Å². The lowest BCUT2D eigenvalue weighted by Crippen LogP contribution is -2.51. The van der Waals surface area contributed by atoms with Crippen LogP contribution in [0, 0.1) is 0 Å². The van der Waals surface area contributed by atoms with Gasteiger partial charge in [-0.2, -0.15) is 4.98 Å². The topological polar surface area (TPSA) is 105 Å². The highest BCUT2D eigenvalue weighted by atomic mass is 16.5. The molecule has 1 unspecified atom stereocenters. The van der Waals surface area contributed by atoms with Gasteiger partial charge in [0.2, 0.25) is 11.8 Å². The molecule has 0 aromatic carbocycles. The lowest BCUT2D eigenvalue weighted by atomic mass is 10.0. The van der Waals surface area contributed by atoms with E-state index in [1.807, 2.05) is 18.7 Å². The number of nitrogens with zero attached hydrogens (tertiary/aromatic N) is 6. The van der Waals surface area contributed by atoms with Crippen molar-refractivity contribution in [2.45, 2.75) is 52.0 Å². The molecule has 2 amide bonds. The predicted molar refractivity (Wildman–Crippen MR) is 100 cm³/mol. The molecule has 1 saturated heterocycles. The highest BCUT2D eigenvalue weighted by molar-refractivity contribution is 5.92. The van der Waals surface area contributed by atoms with E-state index in [2.05, 4.69) is 20.1 Å². The molecule has 9 nitrogen and oxygen atoms in total. The summed E-state index contributed by atoms with van der Waals surface area (Å²) in [5.41, 5.74) is 0.325. The first-order valence-electron chi connectivity index (χ1n) is 9.60. The second kappa shape index (κ2) is 8.90. The quantitative estimate of drug-likeness (QED) is 0.743. The standard InChI is InChI=1S/C19H26N6O3/c1-13(2)18-22-17(23-28-18)6-10-25(14(3)26)15-5-4-9-24(12-15)19(27)16-11-20-7-8-21-16/h7-8,11,13,15H,4-6,9-10,12H2,1-3H3. The van der Waals surface area contributed by atoms with Crippen LogP contribution in [-0.4, -0.2) is 67.4 Å².